The number of hydrogen-bond acceptors (Lipinski definition) is 14. The Morgan fingerprint density at radius 2 is 1.95 bits per heavy atom. The number of imidazole rings is 1. The van der Waals surface area contributed by atoms with Gasteiger partial charge < -0.3 is 30.2 Å². The van der Waals surface area contributed by atoms with Crippen molar-refractivity contribution in [3.8, 4) is 0 Å². The molecule has 2 aromatic rings. The van der Waals surface area contributed by atoms with Crippen molar-refractivity contribution in [2.24, 2.45) is 5.92 Å². The van der Waals surface area contributed by atoms with E-state index in [9.17, 15) is 28.8 Å². The minimum absolute atomic E-state index is 0.0377. The monoisotopic (exact) mass is 564 g/mol. The predicted octanol–water partition coefficient (Wildman–Crippen LogP) is -0.342. The van der Waals surface area contributed by atoms with Gasteiger partial charge in [0.15, 0.2) is 29.8 Å². The number of nitrogens with two attached hydrogens (primary N) is 1. The molecule has 1 fully saturated rings. The summed E-state index contributed by atoms with van der Waals surface area (Å²) in [4.78, 5) is 34.8. The molecule has 1 unspecified atom stereocenters. The first-order chi connectivity index (χ1) is 17.9. The van der Waals surface area contributed by atoms with Gasteiger partial charge in [-0.2, -0.15) is 14.4 Å². The summed E-state index contributed by atoms with van der Waals surface area (Å²) in [5.74, 6) is -1.90. The smallest absolute Gasteiger partial charge is 0.406 e. The fourth-order valence-electron chi connectivity index (χ4n) is 3.68. The first-order valence-electron chi connectivity index (χ1n) is 11.4. The van der Waals surface area contributed by atoms with Crippen molar-refractivity contribution in [1.29, 1.82) is 0 Å². The van der Waals surface area contributed by atoms with Crippen LogP contribution in [-0.4, -0.2) is 93.5 Å². The summed E-state index contributed by atoms with van der Waals surface area (Å²) in [5, 5.41) is 23.6. The number of esters is 2. The molecule has 1 aliphatic rings. The normalized spacial score (nSPS) is 23.9. The van der Waals surface area contributed by atoms with E-state index in [0.29, 0.717) is 0 Å². The molecule has 0 bridgehead atoms. The van der Waals surface area contributed by atoms with Crippen LogP contribution in [0.2, 0.25) is 0 Å². The van der Waals surface area contributed by atoms with E-state index in [-0.39, 0.29) is 29.3 Å². The molecule has 1 aliphatic heterocycles. The maximum Gasteiger partial charge on any atom is 0.406 e. The van der Waals surface area contributed by atoms with Gasteiger partial charge in [-0.15, -0.1) is 0 Å². The van der Waals surface area contributed by atoms with Crippen molar-refractivity contribution in [3.63, 3.8) is 0 Å². The number of ether oxygens (including phenoxy) is 3. The second-order valence-electron chi connectivity index (χ2n) is 8.73. The number of aliphatic hydroxyl groups is 2. The summed E-state index contributed by atoms with van der Waals surface area (Å²) in [7, 11) is -2.19. The molecule has 212 valence electrons. The summed E-state index contributed by atoms with van der Waals surface area (Å²) in [6.07, 6.45) is -5.56. The van der Waals surface area contributed by atoms with Gasteiger partial charge in [0.2, 0.25) is 0 Å². The average molecular weight is 564 g/mol. The Morgan fingerprint density at radius 1 is 1.24 bits per heavy atom. The van der Waals surface area contributed by atoms with E-state index in [1.165, 1.54) is 0 Å². The molecule has 3 heterocycles. The summed E-state index contributed by atoms with van der Waals surface area (Å²) >= 11 is 0. The fraction of sp³-hybridized carbons (Fsp3) is 0.650. The lowest BCUT2D eigenvalue weighted by Crippen LogP contribution is -2.39. The highest BCUT2D eigenvalue weighted by atomic mass is 31.2. The molecule has 0 aromatic carbocycles. The van der Waals surface area contributed by atoms with Crippen molar-refractivity contribution in [2.45, 2.75) is 50.8 Å². The van der Waals surface area contributed by atoms with Crippen molar-refractivity contribution < 1.29 is 52.0 Å². The van der Waals surface area contributed by atoms with E-state index in [4.69, 9.17) is 24.3 Å². The molecule has 0 saturated carbocycles. The van der Waals surface area contributed by atoms with Gasteiger partial charge in [-0.3, -0.25) is 18.4 Å². The SMILES string of the molecule is COC(=O)COP(=O)(N[C@@H](CC(C)C)C(=O)OC)OC[C@H]1O[C@@H](n2cnc3c(N)nc(F)nc32)[C@@H](O)[C@@H]1O. The van der Waals surface area contributed by atoms with E-state index in [1.807, 2.05) is 13.8 Å². The van der Waals surface area contributed by atoms with Crippen LogP contribution in [0.25, 0.3) is 11.2 Å². The topological polar surface area (TPSA) is 219 Å². The first-order valence-corrected chi connectivity index (χ1v) is 12.9. The zero-order chi connectivity index (χ0) is 28.2. The lowest BCUT2D eigenvalue weighted by Gasteiger charge is -2.26. The maximum absolute atomic E-state index is 13.7. The molecular formula is C20H30FN6O10P. The number of hydrogen-bond donors (Lipinski definition) is 4. The van der Waals surface area contributed by atoms with Crippen LogP contribution in [0, 0.1) is 12.0 Å². The largest absolute Gasteiger partial charge is 0.468 e. The second kappa shape index (κ2) is 12.4. The summed E-state index contributed by atoms with van der Waals surface area (Å²) in [5.41, 5.74) is 5.60. The van der Waals surface area contributed by atoms with Crippen LogP contribution >= 0.6 is 7.75 Å². The Labute approximate surface area is 216 Å². The third-order valence-electron chi connectivity index (χ3n) is 5.53. The van der Waals surface area contributed by atoms with E-state index < -0.39 is 69.6 Å². The minimum Gasteiger partial charge on any atom is -0.468 e. The first kappa shape index (κ1) is 29.8. The van der Waals surface area contributed by atoms with Gasteiger partial charge in [0, 0.05) is 0 Å². The lowest BCUT2D eigenvalue weighted by atomic mass is 10.1. The van der Waals surface area contributed by atoms with Crippen molar-refractivity contribution in [2.75, 3.05) is 33.2 Å². The molecule has 0 spiro atoms. The molecule has 18 heteroatoms. The number of aliphatic hydroxyl groups excluding tert-OH is 2. The molecule has 3 rings (SSSR count). The Balaban J connectivity index is 1.79. The molecule has 5 N–H and O–H groups in total. The average Bonchev–Trinajstić information content (AvgIpc) is 3.41. The molecule has 38 heavy (non-hydrogen) atoms. The van der Waals surface area contributed by atoms with E-state index in [1.54, 1.807) is 0 Å². The highest BCUT2D eigenvalue weighted by Crippen LogP contribution is 2.46. The van der Waals surface area contributed by atoms with E-state index in [0.717, 1.165) is 25.1 Å². The number of nitrogens with one attached hydrogen (secondary N) is 1. The summed E-state index contributed by atoms with van der Waals surface area (Å²) < 4.78 is 53.8. The van der Waals surface area contributed by atoms with Crippen LogP contribution < -0.4 is 10.8 Å². The van der Waals surface area contributed by atoms with Gasteiger partial charge in [-0.1, -0.05) is 13.8 Å². The number of nitrogens with zero attached hydrogens (tertiary/aromatic N) is 4. The summed E-state index contributed by atoms with van der Waals surface area (Å²) in [6, 6.07) is -1.13. The highest BCUT2D eigenvalue weighted by Gasteiger charge is 2.46. The quantitative estimate of drug-likeness (QED) is 0.147. The van der Waals surface area contributed by atoms with Gasteiger partial charge in [0.1, 0.15) is 24.4 Å². The number of aromatic nitrogens is 4. The van der Waals surface area contributed by atoms with Gasteiger partial charge in [-0.05, 0) is 12.3 Å². The molecule has 0 radical (unpaired) electrons. The molecular weight excluding hydrogens is 534 g/mol. The van der Waals surface area contributed by atoms with Gasteiger partial charge >= 0.3 is 25.8 Å². The predicted molar refractivity (Wildman–Crippen MR) is 126 cm³/mol. The third-order valence-corrected chi connectivity index (χ3v) is 7.11. The fourth-order valence-corrected chi connectivity index (χ4v) is 5.11. The molecule has 1 saturated heterocycles. The number of carbonyl (C=O) groups is 2. The van der Waals surface area contributed by atoms with Crippen molar-refractivity contribution >= 4 is 36.7 Å². The standard InChI is InChI=1S/C20H30FN6O10P/c1-9(2)5-10(19(31)34-4)26-38(32,36-7-12(28)33-3)35-6-11-14(29)15(30)18(37-11)27-8-23-13-16(22)24-20(21)25-17(13)27/h8-11,14-15,18,29-30H,5-7H2,1-4H3,(H,26,32)(H2,22,24,25)/t10-,11+,14+,15-,18+,38?/m0/s1. The zero-order valence-corrected chi connectivity index (χ0v) is 21.9. The third kappa shape index (κ3) is 6.79. The summed E-state index contributed by atoms with van der Waals surface area (Å²) in [6.45, 7) is 2.21. The van der Waals surface area contributed by atoms with E-state index in [2.05, 4.69) is 24.8 Å². The van der Waals surface area contributed by atoms with Crippen LogP contribution in [0.1, 0.15) is 26.5 Å². The Hall–Kier alpha value is -2.79. The molecule has 16 nitrogen and oxygen atoms in total. The molecule has 6 atom stereocenters. The maximum atomic E-state index is 13.7. The zero-order valence-electron chi connectivity index (χ0n) is 21.0. The number of halogens is 1. The Bertz CT molecular complexity index is 1200. The second-order valence-corrected chi connectivity index (χ2v) is 10.5. The number of methoxy groups -OCH3 is 2. The van der Waals surface area contributed by atoms with Crippen LogP contribution in [0.5, 0.6) is 0 Å². The number of rotatable bonds is 12. The van der Waals surface area contributed by atoms with Crippen molar-refractivity contribution in [1.82, 2.24) is 24.6 Å². The van der Waals surface area contributed by atoms with Gasteiger partial charge in [-0.25, -0.2) is 19.4 Å². The molecule has 0 aliphatic carbocycles. The van der Waals surface area contributed by atoms with Crippen LogP contribution in [0.15, 0.2) is 6.33 Å². The number of anilines is 1. The minimum atomic E-state index is -4.43. The van der Waals surface area contributed by atoms with Gasteiger partial charge in [0.25, 0.3) is 0 Å². The van der Waals surface area contributed by atoms with Gasteiger partial charge in [0.05, 0.1) is 27.2 Å². The van der Waals surface area contributed by atoms with Crippen molar-refractivity contribution in [3.05, 3.63) is 12.4 Å². The number of fused-ring (bicyclic) bond motifs is 1. The van der Waals surface area contributed by atoms with Crippen LogP contribution in [0.4, 0.5) is 10.2 Å². The number of carbonyl (C=O) groups excluding carboxylic acids is 2. The Morgan fingerprint density at radius 3 is 2.58 bits per heavy atom. The van der Waals surface area contributed by atoms with E-state index >= 15 is 0 Å². The van der Waals surface area contributed by atoms with Crippen LogP contribution in [-0.2, 0) is 37.4 Å². The lowest BCUT2D eigenvalue weighted by molar-refractivity contribution is -0.143. The number of nitrogen functional groups attached to an aromatic ring is 1. The van der Waals surface area contributed by atoms with Crippen LogP contribution in [0.3, 0.4) is 0 Å². The molecule has 0 amide bonds. The Kier molecular flexibility index (Phi) is 9.69. The highest BCUT2D eigenvalue weighted by molar-refractivity contribution is 7.51. The molecule has 2 aromatic heterocycles.